The minimum absolute atomic E-state index is 0.115. The summed E-state index contributed by atoms with van der Waals surface area (Å²) in [6.07, 6.45) is 2.88. The summed E-state index contributed by atoms with van der Waals surface area (Å²) in [7, 11) is 3.62. The van der Waals surface area contributed by atoms with Gasteiger partial charge in [-0.15, -0.1) is 0 Å². The summed E-state index contributed by atoms with van der Waals surface area (Å²) in [5.41, 5.74) is 2.36. The first-order valence-electron chi connectivity index (χ1n) is 13.5. The number of pyridine rings is 1. The minimum atomic E-state index is -0.676. The molecule has 40 heavy (non-hydrogen) atoms. The Hall–Kier alpha value is -4.05. The van der Waals surface area contributed by atoms with Gasteiger partial charge < -0.3 is 19.9 Å². The summed E-state index contributed by atoms with van der Waals surface area (Å²) < 4.78 is 35.7. The lowest BCUT2D eigenvalue weighted by molar-refractivity contribution is 0.102. The number of fused-ring (bicyclic) bond motifs is 1. The monoisotopic (exact) mass is 548 g/mol. The highest BCUT2D eigenvalue weighted by Gasteiger charge is 2.21. The van der Waals surface area contributed by atoms with E-state index in [4.69, 9.17) is 4.74 Å². The van der Waals surface area contributed by atoms with Gasteiger partial charge in [-0.05, 0) is 61.7 Å². The molecule has 1 aliphatic heterocycles. The summed E-state index contributed by atoms with van der Waals surface area (Å²) in [6, 6.07) is 9.75. The standard InChI is InChI=1S/C30H34F2N6O2/c1-18(2)5-6-19-13-23(31)28(24(32)14-19)25-16-22-26(17-33-25)35-36-29(22)34-30(39)21-8-7-20(15-27(21)40-4)38-11-9-37(3)10-12-38/h7-8,13-18H,5-6,9-12H2,1-4H3,(H2,34,35,36,39). The van der Waals surface area contributed by atoms with Crippen LogP contribution < -0.4 is 15.0 Å². The van der Waals surface area contributed by atoms with Crippen molar-refractivity contribution in [3.05, 3.63) is 65.4 Å². The molecule has 0 atom stereocenters. The molecule has 1 aliphatic rings. The summed E-state index contributed by atoms with van der Waals surface area (Å²) in [6.45, 7) is 7.85. The van der Waals surface area contributed by atoms with Gasteiger partial charge in [0.05, 0.1) is 35.6 Å². The number of carbonyl (C=O) groups excluding carboxylic acids is 1. The lowest BCUT2D eigenvalue weighted by Gasteiger charge is -2.34. The number of methoxy groups -OCH3 is 1. The van der Waals surface area contributed by atoms with E-state index in [2.05, 4.69) is 51.2 Å². The van der Waals surface area contributed by atoms with Gasteiger partial charge in [0.25, 0.3) is 5.91 Å². The Morgan fingerprint density at radius 3 is 2.50 bits per heavy atom. The molecular formula is C30H34F2N6O2. The number of amides is 1. The van der Waals surface area contributed by atoms with Crippen LogP contribution in [0.3, 0.4) is 0 Å². The van der Waals surface area contributed by atoms with Crippen LogP contribution in [0, 0.1) is 17.6 Å². The van der Waals surface area contributed by atoms with E-state index in [1.54, 1.807) is 6.07 Å². The molecule has 2 aromatic heterocycles. The van der Waals surface area contributed by atoms with Crippen LogP contribution in [0.1, 0.15) is 36.2 Å². The summed E-state index contributed by atoms with van der Waals surface area (Å²) in [5, 5.41) is 10.3. The van der Waals surface area contributed by atoms with Gasteiger partial charge in [-0.1, -0.05) is 13.8 Å². The van der Waals surface area contributed by atoms with Crippen molar-refractivity contribution < 1.29 is 18.3 Å². The maximum Gasteiger partial charge on any atom is 0.260 e. The number of H-pyrrole nitrogens is 1. The van der Waals surface area contributed by atoms with Crippen molar-refractivity contribution in [1.82, 2.24) is 20.1 Å². The number of benzene rings is 2. The Labute approximate surface area is 232 Å². The molecule has 1 amide bonds. The number of likely N-dealkylation sites (N-methyl/N-ethyl adjacent to an activating group) is 1. The molecule has 2 N–H and O–H groups in total. The van der Waals surface area contributed by atoms with E-state index < -0.39 is 17.5 Å². The number of piperazine rings is 1. The van der Waals surface area contributed by atoms with E-state index in [9.17, 15) is 4.79 Å². The van der Waals surface area contributed by atoms with Crippen molar-refractivity contribution in [2.24, 2.45) is 5.92 Å². The number of carbonyl (C=O) groups is 1. The lowest BCUT2D eigenvalue weighted by atomic mass is 9.99. The van der Waals surface area contributed by atoms with Crippen molar-refractivity contribution >= 4 is 28.3 Å². The zero-order chi connectivity index (χ0) is 28.4. The molecule has 210 valence electrons. The molecule has 0 saturated carbocycles. The summed E-state index contributed by atoms with van der Waals surface area (Å²) in [5.74, 6) is -0.671. The predicted molar refractivity (Wildman–Crippen MR) is 153 cm³/mol. The summed E-state index contributed by atoms with van der Waals surface area (Å²) >= 11 is 0. The molecule has 0 radical (unpaired) electrons. The molecule has 3 heterocycles. The van der Waals surface area contributed by atoms with Crippen LogP contribution in [0.15, 0.2) is 42.6 Å². The van der Waals surface area contributed by atoms with E-state index in [0.29, 0.717) is 40.1 Å². The second kappa shape index (κ2) is 11.6. The van der Waals surface area contributed by atoms with Crippen LogP contribution in [0.4, 0.5) is 20.3 Å². The third-order valence-corrected chi connectivity index (χ3v) is 7.35. The quantitative estimate of drug-likeness (QED) is 0.302. The number of ether oxygens (including phenoxy) is 1. The molecular weight excluding hydrogens is 514 g/mol. The first-order valence-corrected chi connectivity index (χ1v) is 13.5. The van der Waals surface area contributed by atoms with Crippen LogP contribution >= 0.6 is 0 Å². The van der Waals surface area contributed by atoms with Gasteiger partial charge in [-0.2, -0.15) is 5.10 Å². The maximum absolute atomic E-state index is 15.1. The fraction of sp³-hybridized carbons (Fsp3) is 0.367. The number of aromatic amines is 1. The number of nitrogens with zero attached hydrogens (tertiary/aromatic N) is 4. The van der Waals surface area contributed by atoms with Crippen molar-refractivity contribution in [1.29, 1.82) is 0 Å². The number of aromatic nitrogens is 3. The third-order valence-electron chi connectivity index (χ3n) is 7.35. The Balaban J connectivity index is 1.39. The highest BCUT2D eigenvalue weighted by molar-refractivity contribution is 6.09. The Morgan fingerprint density at radius 1 is 1.10 bits per heavy atom. The molecule has 4 aromatic rings. The van der Waals surface area contributed by atoms with Crippen molar-refractivity contribution in [3.63, 3.8) is 0 Å². The number of hydrogen-bond acceptors (Lipinski definition) is 6. The number of hydrogen-bond donors (Lipinski definition) is 2. The second-order valence-corrected chi connectivity index (χ2v) is 10.7. The number of rotatable bonds is 8. The number of nitrogens with one attached hydrogen (secondary N) is 2. The molecule has 10 heteroatoms. The molecule has 0 spiro atoms. The van der Waals surface area contributed by atoms with Crippen LogP contribution in [-0.2, 0) is 6.42 Å². The van der Waals surface area contributed by atoms with Crippen LogP contribution in [0.5, 0.6) is 5.75 Å². The normalized spacial score (nSPS) is 14.2. The molecule has 5 rings (SSSR count). The highest BCUT2D eigenvalue weighted by Crippen LogP contribution is 2.32. The molecule has 0 bridgehead atoms. The number of aryl methyl sites for hydroxylation is 1. The smallest absolute Gasteiger partial charge is 0.260 e. The van der Waals surface area contributed by atoms with E-state index in [1.165, 1.54) is 31.5 Å². The zero-order valence-corrected chi connectivity index (χ0v) is 23.2. The van der Waals surface area contributed by atoms with Gasteiger partial charge in [0.15, 0.2) is 5.82 Å². The van der Waals surface area contributed by atoms with E-state index in [-0.39, 0.29) is 17.1 Å². The largest absolute Gasteiger partial charge is 0.496 e. The molecule has 1 fully saturated rings. The van der Waals surface area contributed by atoms with E-state index in [1.807, 2.05) is 12.1 Å². The molecule has 8 nitrogen and oxygen atoms in total. The Bertz CT molecular complexity index is 1510. The lowest BCUT2D eigenvalue weighted by Crippen LogP contribution is -2.44. The number of halogens is 2. The zero-order valence-electron chi connectivity index (χ0n) is 23.2. The SMILES string of the molecule is COc1cc(N2CCN(C)CC2)ccc1C(=O)Nc1n[nH]c2cnc(-c3c(F)cc(CCC(C)C)cc3F)cc12. The fourth-order valence-electron chi connectivity index (χ4n) is 4.92. The molecule has 0 unspecified atom stereocenters. The fourth-order valence-corrected chi connectivity index (χ4v) is 4.92. The second-order valence-electron chi connectivity index (χ2n) is 10.7. The van der Waals surface area contributed by atoms with Crippen molar-refractivity contribution in [3.8, 4) is 17.0 Å². The topological polar surface area (TPSA) is 86.4 Å². The summed E-state index contributed by atoms with van der Waals surface area (Å²) in [4.78, 5) is 22.1. The first-order chi connectivity index (χ1) is 19.2. The highest BCUT2D eigenvalue weighted by atomic mass is 19.1. The van der Waals surface area contributed by atoms with Gasteiger partial charge >= 0.3 is 0 Å². The van der Waals surface area contributed by atoms with Gasteiger partial charge in [-0.3, -0.25) is 14.9 Å². The van der Waals surface area contributed by atoms with Gasteiger partial charge in [0.2, 0.25) is 0 Å². The maximum atomic E-state index is 15.1. The van der Waals surface area contributed by atoms with E-state index >= 15 is 8.78 Å². The van der Waals surface area contributed by atoms with Crippen LogP contribution in [-0.4, -0.2) is 66.3 Å². The van der Waals surface area contributed by atoms with Crippen LogP contribution in [0.25, 0.3) is 22.2 Å². The Morgan fingerprint density at radius 2 is 1.82 bits per heavy atom. The van der Waals surface area contributed by atoms with Crippen molar-refractivity contribution in [2.45, 2.75) is 26.7 Å². The van der Waals surface area contributed by atoms with Crippen molar-refractivity contribution in [2.75, 3.05) is 50.6 Å². The number of anilines is 2. The minimum Gasteiger partial charge on any atom is -0.496 e. The average molecular weight is 549 g/mol. The Kier molecular flexibility index (Phi) is 7.97. The van der Waals surface area contributed by atoms with Gasteiger partial charge in [-0.25, -0.2) is 8.78 Å². The molecule has 1 saturated heterocycles. The molecule has 0 aliphatic carbocycles. The third kappa shape index (κ3) is 5.77. The van der Waals surface area contributed by atoms with E-state index in [0.717, 1.165) is 38.3 Å². The van der Waals surface area contributed by atoms with Gasteiger partial charge in [0.1, 0.15) is 17.4 Å². The molecule has 2 aromatic carbocycles. The predicted octanol–water partition coefficient (Wildman–Crippen LogP) is 5.50. The average Bonchev–Trinajstić information content (AvgIpc) is 3.33. The van der Waals surface area contributed by atoms with Crippen LogP contribution in [0.2, 0.25) is 0 Å². The first kappa shape index (κ1) is 27.5. The van der Waals surface area contributed by atoms with Gasteiger partial charge in [0, 0.05) is 43.3 Å².